The Hall–Kier alpha value is -1.29. The average molecular weight is 309 g/mol. The van der Waals surface area contributed by atoms with E-state index >= 15 is 0 Å². The standard InChI is InChI=1S/C14H13BrO3/c1-13(2)17-11-8-14(11,12(16)18-13)7-9-3-5-10(15)6-4-9/h3-6,8H,7H2,1-2H3. The zero-order chi connectivity index (χ0) is 13.0. The van der Waals surface area contributed by atoms with E-state index in [2.05, 4.69) is 15.9 Å². The Labute approximate surface area is 114 Å². The summed E-state index contributed by atoms with van der Waals surface area (Å²) in [5, 5.41) is 0. The minimum atomic E-state index is -0.845. The van der Waals surface area contributed by atoms with Crippen molar-refractivity contribution in [3.63, 3.8) is 0 Å². The molecule has 0 aromatic heterocycles. The van der Waals surface area contributed by atoms with Crippen molar-refractivity contribution in [2.24, 2.45) is 5.41 Å². The molecule has 1 aromatic carbocycles. The van der Waals surface area contributed by atoms with E-state index in [9.17, 15) is 4.79 Å². The van der Waals surface area contributed by atoms with Gasteiger partial charge in [0.15, 0.2) is 5.41 Å². The van der Waals surface area contributed by atoms with E-state index in [1.807, 2.05) is 30.3 Å². The van der Waals surface area contributed by atoms with Gasteiger partial charge in [-0.3, -0.25) is 4.79 Å². The first kappa shape index (κ1) is 11.8. The Morgan fingerprint density at radius 2 is 1.83 bits per heavy atom. The molecule has 1 aliphatic carbocycles. The maximum Gasteiger partial charge on any atom is 0.327 e. The lowest BCUT2D eigenvalue weighted by molar-refractivity contribution is -0.224. The molecular weight excluding hydrogens is 296 g/mol. The Bertz CT molecular complexity index is 545. The van der Waals surface area contributed by atoms with Crippen LogP contribution in [-0.4, -0.2) is 11.8 Å². The summed E-state index contributed by atoms with van der Waals surface area (Å²) in [5.74, 6) is -0.314. The fourth-order valence-electron chi connectivity index (χ4n) is 2.20. The quantitative estimate of drug-likeness (QED) is 0.787. The van der Waals surface area contributed by atoms with Crippen LogP contribution in [0.15, 0.2) is 40.6 Å². The van der Waals surface area contributed by atoms with Crippen LogP contribution >= 0.6 is 15.9 Å². The summed E-state index contributed by atoms with van der Waals surface area (Å²) >= 11 is 3.39. The Morgan fingerprint density at radius 3 is 2.44 bits per heavy atom. The number of carbonyl (C=O) groups is 1. The van der Waals surface area contributed by atoms with Gasteiger partial charge < -0.3 is 9.47 Å². The largest absolute Gasteiger partial charge is 0.456 e. The van der Waals surface area contributed by atoms with Crippen molar-refractivity contribution in [1.29, 1.82) is 0 Å². The first-order chi connectivity index (χ1) is 8.41. The third-order valence-electron chi connectivity index (χ3n) is 3.19. The van der Waals surface area contributed by atoms with Gasteiger partial charge in [-0.15, -0.1) is 0 Å². The van der Waals surface area contributed by atoms with Crippen LogP contribution in [0.2, 0.25) is 0 Å². The second-order valence-electron chi connectivity index (χ2n) is 5.17. The molecule has 0 N–H and O–H groups in total. The number of halogens is 1. The van der Waals surface area contributed by atoms with Gasteiger partial charge >= 0.3 is 5.97 Å². The van der Waals surface area contributed by atoms with Crippen molar-refractivity contribution in [3.05, 3.63) is 46.1 Å². The fourth-order valence-corrected chi connectivity index (χ4v) is 2.47. The third-order valence-corrected chi connectivity index (χ3v) is 3.72. The third kappa shape index (κ3) is 1.85. The molecular formula is C14H13BrO3. The monoisotopic (exact) mass is 308 g/mol. The molecule has 1 aliphatic heterocycles. The molecule has 3 nitrogen and oxygen atoms in total. The first-order valence-electron chi connectivity index (χ1n) is 5.82. The van der Waals surface area contributed by atoms with Gasteiger partial charge in [0.25, 0.3) is 0 Å². The van der Waals surface area contributed by atoms with Crippen LogP contribution < -0.4 is 0 Å². The van der Waals surface area contributed by atoms with Crippen LogP contribution in [0.25, 0.3) is 0 Å². The van der Waals surface area contributed by atoms with Gasteiger partial charge in [-0.2, -0.15) is 0 Å². The van der Waals surface area contributed by atoms with Gasteiger partial charge in [0, 0.05) is 18.3 Å². The van der Waals surface area contributed by atoms with Gasteiger partial charge in [-0.25, -0.2) is 0 Å². The molecule has 3 rings (SSSR count). The predicted octanol–water partition coefficient (Wildman–Crippen LogP) is 3.19. The van der Waals surface area contributed by atoms with Crippen LogP contribution in [0.4, 0.5) is 0 Å². The Balaban J connectivity index is 1.79. The van der Waals surface area contributed by atoms with Gasteiger partial charge in [0.05, 0.1) is 0 Å². The molecule has 1 saturated heterocycles. The highest BCUT2D eigenvalue weighted by atomic mass is 79.9. The fraction of sp³-hybridized carbons (Fsp3) is 0.357. The highest BCUT2D eigenvalue weighted by molar-refractivity contribution is 9.10. The van der Waals surface area contributed by atoms with E-state index in [1.165, 1.54) is 0 Å². The Morgan fingerprint density at radius 1 is 1.17 bits per heavy atom. The summed E-state index contributed by atoms with van der Waals surface area (Å²) in [6.07, 6.45) is 2.46. The second kappa shape index (κ2) is 3.60. The lowest BCUT2D eigenvalue weighted by atomic mass is 9.93. The van der Waals surface area contributed by atoms with Crippen LogP contribution in [0.3, 0.4) is 0 Å². The van der Waals surface area contributed by atoms with E-state index in [-0.39, 0.29) is 5.97 Å². The number of hydrogen-bond donors (Lipinski definition) is 0. The van der Waals surface area contributed by atoms with E-state index in [0.29, 0.717) is 6.42 Å². The molecule has 0 saturated carbocycles. The van der Waals surface area contributed by atoms with Crippen molar-refractivity contribution >= 4 is 21.9 Å². The molecule has 0 radical (unpaired) electrons. The van der Waals surface area contributed by atoms with E-state index in [4.69, 9.17) is 9.47 Å². The SMILES string of the molecule is CC1(C)OC(=O)C2(Cc3ccc(Br)cc3)C=C2O1. The number of ether oxygens (including phenoxy) is 2. The topological polar surface area (TPSA) is 35.5 Å². The molecule has 0 amide bonds. The lowest BCUT2D eigenvalue weighted by Gasteiger charge is -2.33. The number of esters is 1. The molecule has 1 aromatic rings. The zero-order valence-corrected chi connectivity index (χ0v) is 11.8. The number of benzene rings is 1. The maximum atomic E-state index is 12.1. The molecule has 1 fully saturated rings. The first-order valence-corrected chi connectivity index (χ1v) is 6.61. The molecule has 0 spiro atoms. The van der Waals surface area contributed by atoms with Crippen molar-refractivity contribution in [1.82, 2.24) is 0 Å². The summed E-state index contributed by atoms with van der Waals surface area (Å²) in [5.41, 5.74) is 0.438. The molecule has 4 heteroatoms. The summed E-state index contributed by atoms with van der Waals surface area (Å²) in [6.45, 7) is 3.49. The van der Waals surface area contributed by atoms with E-state index in [0.717, 1.165) is 15.8 Å². The molecule has 1 unspecified atom stereocenters. The zero-order valence-electron chi connectivity index (χ0n) is 10.2. The maximum absolute atomic E-state index is 12.1. The van der Waals surface area contributed by atoms with E-state index < -0.39 is 11.2 Å². The van der Waals surface area contributed by atoms with Gasteiger partial charge in [-0.05, 0) is 30.2 Å². The summed E-state index contributed by atoms with van der Waals surface area (Å²) < 4.78 is 12.0. The van der Waals surface area contributed by atoms with Crippen molar-refractivity contribution in [2.45, 2.75) is 26.1 Å². The predicted molar refractivity (Wildman–Crippen MR) is 69.6 cm³/mol. The molecule has 94 valence electrons. The normalized spacial score (nSPS) is 27.7. The molecule has 18 heavy (non-hydrogen) atoms. The molecule has 1 heterocycles. The molecule has 2 aliphatic rings. The van der Waals surface area contributed by atoms with Crippen LogP contribution in [-0.2, 0) is 20.7 Å². The number of fused-ring (bicyclic) bond motifs is 1. The molecule has 1 atom stereocenters. The number of hydrogen-bond acceptors (Lipinski definition) is 3. The average Bonchev–Trinajstić information content (AvgIpc) is 2.94. The van der Waals surface area contributed by atoms with Crippen LogP contribution in [0.5, 0.6) is 0 Å². The Kier molecular flexibility index (Phi) is 2.36. The summed E-state index contributed by atoms with van der Waals surface area (Å²) in [4.78, 5) is 12.1. The molecule has 0 bridgehead atoms. The number of rotatable bonds is 2. The van der Waals surface area contributed by atoms with Crippen LogP contribution in [0.1, 0.15) is 19.4 Å². The van der Waals surface area contributed by atoms with Crippen molar-refractivity contribution < 1.29 is 14.3 Å². The van der Waals surface area contributed by atoms with E-state index in [1.54, 1.807) is 13.8 Å². The van der Waals surface area contributed by atoms with Crippen molar-refractivity contribution in [2.75, 3.05) is 0 Å². The van der Waals surface area contributed by atoms with Gasteiger partial charge in [0.2, 0.25) is 5.79 Å². The lowest BCUT2D eigenvalue weighted by Crippen LogP contribution is -2.41. The summed E-state index contributed by atoms with van der Waals surface area (Å²) in [6, 6.07) is 7.92. The second-order valence-corrected chi connectivity index (χ2v) is 6.09. The van der Waals surface area contributed by atoms with Crippen molar-refractivity contribution in [3.8, 4) is 0 Å². The number of cyclic esters (lactones) is 1. The van der Waals surface area contributed by atoms with Gasteiger partial charge in [-0.1, -0.05) is 28.1 Å². The van der Waals surface area contributed by atoms with Crippen LogP contribution in [0, 0.1) is 5.41 Å². The highest BCUT2D eigenvalue weighted by Crippen LogP contribution is 2.54. The minimum absolute atomic E-state index is 0.211. The van der Waals surface area contributed by atoms with Gasteiger partial charge in [0.1, 0.15) is 5.76 Å². The smallest absolute Gasteiger partial charge is 0.327 e. The minimum Gasteiger partial charge on any atom is -0.456 e. The number of carbonyl (C=O) groups excluding carboxylic acids is 1. The highest BCUT2D eigenvalue weighted by Gasteiger charge is 2.60. The summed E-state index contributed by atoms with van der Waals surface area (Å²) in [7, 11) is 0.